The lowest BCUT2D eigenvalue weighted by Crippen LogP contribution is -2.31. The summed E-state index contributed by atoms with van der Waals surface area (Å²) in [7, 11) is 0. The number of carbonyl (C=O) groups is 2. The Hall–Kier alpha value is -1.64. The average molecular weight is 163 g/mol. The first kappa shape index (κ1) is 8.46. The highest BCUT2D eigenvalue weighted by Gasteiger charge is 2.07. The van der Waals surface area contributed by atoms with Crippen LogP contribution in [0, 0.1) is 6.92 Å². The molecule has 0 unspecified atom stereocenters. The average Bonchev–Trinajstić information content (AvgIpc) is 2.04. The van der Waals surface area contributed by atoms with Crippen molar-refractivity contribution < 1.29 is 14.7 Å². The number of benzene rings is 1. The molecule has 1 aromatic rings. The number of rotatable bonds is 2. The van der Waals surface area contributed by atoms with Gasteiger partial charge in [0, 0.05) is 5.56 Å². The van der Waals surface area contributed by atoms with E-state index in [1.165, 1.54) is 6.07 Å². The molecule has 0 bridgehead atoms. The van der Waals surface area contributed by atoms with Crippen LogP contribution in [0.4, 0.5) is 0 Å². The molecule has 0 N–H and O–H groups in total. The maximum absolute atomic E-state index is 10.9. The van der Waals surface area contributed by atoms with Crippen molar-refractivity contribution in [1.29, 1.82) is 0 Å². The maximum atomic E-state index is 10.9. The number of carboxylic acid groups (broad SMARTS) is 1. The van der Waals surface area contributed by atoms with Crippen LogP contribution in [0.3, 0.4) is 0 Å². The summed E-state index contributed by atoms with van der Waals surface area (Å²) >= 11 is 0. The molecule has 0 aromatic heterocycles. The Bertz CT molecular complexity index is 328. The smallest absolute Gasteiger partial charge is 0.208 e. The molecule has 0 amide bonds. The van der Waals surface area contributed by atoms with Crippen molar-refractivity contribution in [1.82, 2.24) is 0 Å². The van der Waals surface area contributed by atoms with E-state index in [1.54, 1.807) is 25.1 Å². The number of ketones is 1. The molecule has 62 valence electrons. The second-order valence-electron chi connectivity index (χ2n) is 2.43. The fourth-order valence-electron chi connectivity index (χ4n) is 0.938. The van der Waals surface area contributed by atoms with Gasteiger partial charge in [-0.3, -0.25) is 4.79 Å². The lowest BCUT2D eigenvalue weighted by atomic mass is 10.1. The molecule has 3 nitrogen and oxygen atoms in total. The van der Waals surface area contributed by atoms with E-state index in [1.807, 2.05) is 0 Å². The Morgan fingerprint density at radius 2 is 1.83 bits per heavy atom. The standard InChI is InChI=1S/C9H8O3/c1-6-4-2-3-5-7(6)8(10)9(11)12/h2-5H,1H3,(H,11,12)/p-1. The first-order valence-corrected chi connectivity index (χ1v) is 3.44. The normalized spacial score (nSPS) is 9.42. The Morgan fingerprint density at radius 1 is 1.25 bits per heavy atom. The molecule has 0 aliphatic carbocycles. The fourth-order valence-corrected chi connectivity index (χ4v) is 0.938. The van der Waals surface area contributed by atoms with Gasteiger partial charge in [0.1, 0.15) is 5.97 Å². The maximum Gasteiger partial charge on any atom is 0.208 e. The molecular formula is C9H7O3-. The minimum Gasteiger partial charge on any atom is -0.541 e. The molecule has 1 aromatic carbocycles. The molecule has 0 radical (unpaired) electrons. The lowest BCUT2D eigenvalue weighted by molar-refractivity contribution is -0.296. The van der Waals surface area contributed by atoms with Crippen molar-refractivity contribution in [3.63, 3.8) is 0 Å². The second-order valence-corrected chi connectivity index (χ2v) is 2.43. The summed E-state index contributed by atoms with van der Waals surface area (Å²) in [6, 6.07) is 6.49. The monoisotopic (exact) mass is 163 g/mol. The van der Waals surface area contributed by atoms with E-state index >= 15 is 0 Å². The molecule has 0 heterocycles. The van der Waals surface area contributed by atoms with Crippen molar-refractivity contribution in [2.24, 2.45) is 0 Å². The van der Waals surface area contributed by atoms with Gasteiger partial charge in [-0.1, -0.05) is 24.3 Å². The Kier molecular flexibility index (Phi) is 2.24. The number of carbonyl (C=O) groups excluding carboxylic acids is 2. The van der Waals surface area contributed by atoms with Crippen molar-refractivity contribution in [2.75, 3.05) is 0 Å². The third kappa shape index (κ3) is 1.50. The Balaban J connectivity index is 3.11. The van der Waals surface area contributed by atoms with Gasteiger partial charge in [0.2, 0.25) is 5.78 Å². The van der Waals surface area contributed by atoms with Crippen LogP contribution < -0.4 is 5.11 Å². The molecule has 0 saturated heterocycles. The van der Waals surface area contributed by atoms with Crippen molar-refractivity contribution in [2.45, 2.75) is 6.92 Å². The van der Waals surface area contributed by atoms with Crippen LogP contribution in [0.2, 0.25) is 0 Å². The van der Waals surface area contributed by atoms with Gasteiger partial charge >= 0.3 is 0 Å². The minimum absolute atomic E-state index is 0.192. The molecule has 0 fully saturated rings. The van der Waals surface area contributed by atoms with Crippen LogP contribution in [0.5, 0.6) is 0 Å². The zero-order valence-corrected chi connectivity index (χ0v) is 6.53. The van der Waals surface area contributed by atoms with Crippen LogP contribution in [0.25, 0.3) is 0 Å². The number of Topliss-reactive ketones (excluding diaryl/α,β-unsaturated/α-hetero) is 1. The molecule has 3 heteroatoms. The molecule has 12 heavy (non-hydrogen) atoms. The van der Waals surface area contributed by atoms with E-state index in [4.69, 9.17) is 0 Å². The number of aliphatic carboxylic acids is 1. The first-order valence-electron chi connectivity index (χ1n) is 3.44. The zero-order valence-electron chi connectivity index (χ0n) is 6.53. The summed E-state index contributed by atoms with van der Waals surface area (Å²) < 4.78 is 0. The van der Waals surface area contributed by atoms with Crippen LogP contribution >= 0.6 is 0 Å². The summed E-state index contributed by atoms with van der Waals surface area (Å²) in [6.07, 6.45) is 0. The number of hydrogen-bond donors (Lipinski definition) is 0. The Labute approximate surface area is 69.6 Å². The van der Waals surface area contributed by atoms with Crippen molar-refractivity contribution >= 4 is 11.8 Å². The molecule has 1 rings (SSSR count). The van der Waals surface area contributed by atoms with Gasteiger partial charge in [-0.05, 0) is 12.5 Å². The van der Waals surface area contributed by atoms with Gasteiger partial charge in [-0.25, -0.2) is 0 Å². The van der Waals surface area contributed by atoms with Gasteiger partial charge in [0.25, 0.3) is 0 Å². The molecule has 0 saturated carbocycles. The predicted octanol–water partition coefficient (Wildman–Crippen LogP) is -0.0724. The van der Waals surface area contributed by atoms with Crippen LogP contribution in [0.1, 0.15) is 15.9 Å². The van der Waals surface area contributed by atoms with E-state index in [0.717, 1.165) is 0 Å². The SMILES string of the molecule is Cc1ccccc1C(=O)C(=O)[O-]. The van der Waals surface area contributed by atoms with E-state index in [2.05, 4.69) is 0 Å². The molecular weight excluding hydrogens is 156 g/mol. The third-order valence-electron chi connectivity index (χ3n) is 1.58. The summed E-state index contributed by atoms with van der Waals surface area (Å²) in [5.74, 6) is -2.63. The summed E-state index contributed by atoms with van der Waals surface area (Å²) in [5.41, 5.74) is 0.837. The molecule has 0 aliphatic heterocycles. The van der Waals surface area contributed by atoms with Gasteiger partial charge in [-0.15, -0.1) is 0 Å². The first-order chi connectivity index (χ1) is 5.63. The summed E-state index contributed by atoms with van der Waals surface area (Å²) in [6.45, 7) is 1.68. The predicted molar refractivity (Wildman–Crippen MR) is 40.5 cm³/mol. The molecule has 0 spiro atoms. The lowest BCUT2D eigenvalue weighted by Gasteiger charge is -2.03. The quantitative estimate of drug-likeness (QED) is 0.453. The van der Waals surface area contributed by atoms with E-state index in [0.29, 0.717) is 5.56 Å². The van der Waals surface area contributed by atoms with Crippen molar-refractivity contribution in [3.8, 4) is 0 Å². The fraction of sp³-hybridized carbons (Fsp3) is 0.111. The highest BCUT2D eigenvalue weighted by atomic mass is 16.4. The Morgan fingerprint density at radius 3 is 2.33 bits per heavy atom. The van der Waals surface area contributed by atoms with Crippen molar-refractivity contribution in [3.05, 3.63) is 35.4 Å². The van der Waals surface area contributed by atoms with E-state index < -0.39 is 11.8 Å². The topological polar surface area (TPSA) is 57.2 Å². The highest BCUT2D eigenvalue weighted by molar-refractivity contribution is 6.39. The van der Waals surface area contributed by atoms with Gasteiger partial charge in [0.15, 0.2) is 0 Å². The summed E-state index contributed by atoms with van der Waals surface area (Å²) in [4.78, 5) is 21.1. The zero-order chi connectivity index (χ0) is 9.14. The highest BCUT2D eigenvalue weighted by Crippen LogP contribution is 2.06. The molecule has 0 atom stereocenters. The summed E-state index contributed by atoms with van der Waals surface area (Å²) in [5, 5.41) is 10.2. The van der Waals surface area contributed by atoms with Gasteiger partial charge in [-0.2, -0.15) is 0 Å². The second kappa shape index (κ2) is 3.17. The van der Waals surface area contributed by atoms with Gasteiger partial charge in [0.05, 0.1) is 0 Å². The van der Waals surface area contributed by atoms with E-state index in [-0.39, 0.29) is 5.56 Å². The number of carboxylic acids is 1. The number of hydrogen-bond acceptors (Lipinski definition) is 3. The van der Waals surface area contributed by atoms with Gasteiger partial charge < -0.3 is 9.90 Å². The largest absolute Gasteiger partial charge is 0.541 e. The molecule has 0 aliphatic rings. The number of aryl methyl sites for hydroxylation is 1. The van der Waals surface area contributed by atoms with E-state index in [9.17, 15) is 14.7 Å². The van der Waals surface area contributed by atoms with Crippen LogP contribution in [-0.4, -0.2) is 11.8 Å². The third-order valence-corrected chi connectivity index (χ3v) is 1.58. The van der Waals surface area contributed by atoms with Crippen LogP contribution in [0.15, 0.2) is 24.3 Å². The van der Waals surface area contributed by atoms with Crippen LogP contribution in [-0.2, 0) is 4.79 Å². The minimum atomic E-state index is -1.66.